The van der Waals surface area contributed by atoms with E-state index in [-0.39, 0.29) is 24.2 Å². The van der Waals surface area contributed by atoms with Crippen molar-refractivity contribution in [1.82, 2.24) is 10.6 Å². The van der Waals surface area contributed by atoms with Gasteiger partial charge in [-0.05, 0) is 30.0 Å². The second-order valence-electron chi connectivity index (χ2n) is 7.13. The van der Waals surface area contributed by atoms with Crippen LogP contribution >= 0.6 is 12.6 Å². The Hall–Kier alpha value is -2.22. The molecule has 3 N–H and O–H groups in total. The Labute approximate surface area is 171 Å². The monoisotopic (exact) mass is 410 g/mol. The van der Waals surface area contributed by atoms with E-state index >= 15 is 0 Å². The van der Waals surface area contributed by atoms with Gasteiger partial charge in [-0.3, -0.25) is 14.4 Å². The smallest absolute Gasteiger partial charge is 0.304 e. The number of carboxylic acid groups (broad SMARTS) is 1. The van der Waals surface area contributed by atoms with Gasteiger partial charge in [0.25, 0.3) is 0 Å². The third kappa shape index (κ3) is 7.80. The van der Waals surface area contributed by atoms with E-state index in [0.717, 1.165) is 5.56 Å². The number of hydrogen-bond donors (Lipinski definition) is 4. The van der Waals surface area contributed by atoms with Gasteiger partial charge in [-0.25, -0.2) is 0 Å². The Morgan fingerprint density at radius 2 is 1.75 bits per heavy atom. The normalized spacial score (nSPS) is 14.1. The van der Waals surface area contributed by atoms with Gasteiger partial charge in [0.2, 0.25) is 11.8 Å². The molecule has 1 aromatic carbocycles. The van der Waals surface area contributed by atoms with Crippen LogP contribution in [0.3, 0.4) is 0 Å². The molecule has 0 unspecified atom stereocenters. The minimum atomic E-state index is -1.01. The van der Waals surface area contributed by atoms with Crippen LogP contribution in [-0.4, -0.2) is 48.3 Å². The summed E-state index contributed by atoms with van der Waals surface area (Å²) in [4.78, 5) is 36.2. The highest BCUT2D eigenvalue weighted by atomic mass is 32.1. The number of likely N-dealkylation sites (N-methyl/N-ethyl adjacent to an activating group) is 1. The van der Waals surface area contributed by atoms with Gasteiger partial charge in [0.05, 0.1) is 19.4 Å². The van der Waals surface area contributed by atoms with Gasteiger partial charge in [-0.15, -0.1) is 0 Å². The number of ether oxygens (including phenoxy) is 1. The molecule has 1 aromatic rings. The molecule has 2 amide bonds. The van der Waals surface area contributed by atoms with Crippen LogP contribution in [0.4, 0.5) is 0 Å². The number of benzene rings is 1. The number of rotatable bonds is 11. The van der Waals surface area contributed by atoms with E-state index in [1.165, 1.54) is 7.05 Å². The number of carboxylic acids is 1. The zero-order chi connectivity index (χ0) is 21.3. The van der Waals surface area contributed by atoms with Crippen LogP contribution in [0.25, 0.3) is 0 Å². The van der Waals surface area contributed by atoms with Crippen molar-refractivity contribution in [2.45, 2.75) is 44.4 Å². The number of carbonyl (C=O) groups excluding carboxylic acids is 2. The van der Waals surface area contributed by atoms with Gasteiger partial charge in [0, 0.05) is 18.7 Å². The molecule has 7 nitrogen and oxygen atoms in total. The first-order chi connectivity index (χ1) is 13.2. The average Bonchev–Trinajstić information content (AvgIpc) is 2.64. The molecule has 0 fully saturated rings. The zero-order valence-corrected chi connectivity index (χ0v) is 17.7. The minimum absolute atomic E-state index is 0.180. The summed E-state index contributed by atoms with van der Waals surface area (Å²) >= 11 is 4.34. The van der Waals surface area contributed by atoms with Crippen molar-refractivity contribution in [2.24, 2.45) is 11.8 Å². The number of nitrogens with one attached hydrogen (secondary N) is 2. The lowest BCUT2D eigenvalue weighted by Crippen LogP contribution is -2.50. The summed E-state index contributed by atoms with van der Waals surface area (Å²) in [5.41, 5.74) is 0.864. The lowest BCUT2D eigenvalue weighted by molar-refractivity contribution is -0.137. The molecule has 0 radical (unpaired) electrons. The van der Waals surface area contributed by atoms with E-state index in [2.05, 4.69) is 23.3 Å². The molecule has 156 valence electrons. The summed E-state index contributed by atoms with van der Waals surface area (Å²) in [5.74, 6) is -1.42. The number of thiol groups is 1. The van der Waals surface area contributed by atoms with Crippen LogP contribution in [0, 0.1) is 11.8 Å². The van der Waals surface area contributed by atoms with Gasteiger partial charge >= 0.3 is 5.97 Å². The second kappa shape index (κ2) is 11.6. The predicted molar refractivity (Wildman–Crippen MR) is 111 cm³/mol. The van der Waals surface area contributed by atoms with E-state index in [9.17, 15) is 14.4 Å². The summed E-state index contributed by atoms with van der Waals surface area (Å²) in [6.45, 7) is 3.91. The van der Waals surface area contributed by atoms with Crippen molar-refractivity contribution < 1.29 is 24.2 Å². The molecule has 8 heteroatoms. The van der Waals surface area contributed by atoms with E-state index < -0.39 is 23.2 Å². The molecule has 0 aliphatic carbocycles. The van der Waals surface area contributed by atoms with Crippen LogP contribution in [-0.2, 0) is 20.8 Å². The zero-order valence-electron chi connectivity index (χ0n) is 16.8. The van der Waals surface area contributed by atoms with Crippen LogP contribution in [0.2, 0.25) is 0 Å². The van der Waals surface area contributed by atoms with Crippen LogP contribution in [0.5, 0.6) is 5.75 Å². The van der Waals surface area contributed by atoms with Crippen molar-refractivity contribution in [3.05, 3.63) is 29.8 Å². The summed E-state index contributed by atoms with van der Waals surface area (Å²) in [6.07, 6.45) is 0.563. The molecule has 0 aromatic heterocycles. The number of hydrogen-bond acceptors (Lipinski definition) is 5. The van der Waals surface area contributed by atoms with Crippen molar-refractivity contribution in [1.29, 1.82) is 0 Å². The quantitative estimate of drug-likeness (QED) is 0.417. The van der Waals surface area contributed by atoms with Crippen molar-refractivity contribution in [3.63, 3.8) is 0 Å². The van der Waals surface area contributed by atoms with Crippen molar-refractivity contribution in [2.75, 3.05) is 14.2 Å². The maximum absolute atomic E-state index is 12.9. The predicted octanol–water partition coefficient (Wildman–Crippen LogP) is 1.90. The third-order valence-corrected chi connectivity index (χ3v) is 4.93. The molecule has 0 aliphatic rings. The lowest BCUT2D eigenvalue weighted by atomic mass is 9.91. The summed E-state index contributed by atoms with van der Waals surface area (Å²) in [5, 5.41) is 13.7. The highest BCUT2D eigenvalue weighted by Crippen LogP contribution is 2.23. The number of methoxy groups -OCH3 is 1. The summed E-state index contributed by atoms with van der Waals surface area (Å²) in [7, 11) is 3.08. The summed E-state index contributed by atoms with van der Waals surface area (Å²) < 4.78 is 5.13. The topological polar surface area (TPSA) is 105 Å². The highest BCUT2D eigenvalue weighted by Gasteiger charge is 2.31. The molecule has 0 aliphatic heterocycles. The molecular weight excluding hydrogens is 380 g/mol. The second-order valence-corrected chi connectivity index (χ2v) is 7.79. The molecule has 1 rings (SSSR count). The minimum Gasteiger partial charge on any atom is -0.497 e. The Kier molecular flexibility index (Phi) is 9.85. The molecule has 0 saturated heterocycles. The van der Waals surface area contributed by atoms with Gasteiger partial charge < -0.3 is 20.5 Å². The van der Waals surface area contributed by atoms with E-state index in [0.29, 0.717) is 18.6 Å². The van der Waals surface area contributed by atoms with E-state index in [1.807, 2.05) is 26.0 Å². The first-order valence-corrected chi connectivity index (χ1v) is 9.74. The van der Waals surface area contributed by atoms with E-state index in [4.69, 9.17) is 9.84 Å². The van der Waals surface area contributed by atoms with Gasteiger partial charge in [-0.2, -0.15) is 12.6 Å². The summed E-state index contributed by atoms with van der Waals surface area (Å²) in [6, 6.07) is 6.47. The number of amides is 2. The van der Waals surface area contributed by atoms with Gasteiger partial charge in [0.1, 0.15) is 11.8 Å². The number of carbonyl (C=O) groups is 3. The Bertz CT molecular complexity index is 663. The van der Waals surface area contributed by atoms with Gasteiger partial charge in [-0.1, -0.05) is 26.0 Å². The Balaban J connectivity index is 2.95. The lowest BCUT2D eigenvalue weighted by Gasteiger charge is -2.26. The number of aliphatic carboxylic acids is 1. The fourth-order valence-corrected chi connectivity index (χ4v) is 3.34. The Morgan fingerprint density at radius 1 is 1.14 bits per heavy atom. The molecule has 0 saturated carbocycles. The standard InChI is InChI=1S/C20H30N2O5S/c1-12(2)9-15(17(28)11-18(23)24)19(25)22-16(20(26)21-3)10-13-5-7-14(27-4)8-6-13/h5-8,12,15-17,28H,9-11H2,1-4H3,(H,21,26)(H,22,25)(H,23,24)/t15-,16+,17+/m1/s1. The van der Waals surface area contributed by atoms with Crippen molar-refractivity contribution >= 4 is 30.4 Å². The average molecular weight is 411 g/mol. The molecule has 0 bridgehead atoms. The third-order valence-electron chi connectivity index (χ3n) is 4.39. The first-order valence-electron chi connectivity index (χ1n) is 9.22. The van der Waals surface area contributed by atoms with E-state index in [1.54, 1.807) is 19.2 Å². The molecule has 3 atom stereocenters. The van der Waals surface area contributed by atoms with Crippen LogP contribution in [0.1, 0.15) is 32.3 Å². The molecule has 0 heterocycles. The Morgan fingerprint density at radius 3 is 2.21 bits per heavy atom. The largest absolute Gasteiger partial charge is 0.497 e. The fraction of sp³-hybridized carbons (Fsp3) is 0.550. The fourth-order valence-electron chi connectivity index (χ4n) is 2.93. The van der Waals surface area contributed by atoms with Crippen molar-refractivity contribution in [3.8, 4) is 5.75 Å². The molecule has 0 spiro atoms. The molecular formula is C20H30N2O5S. The van der Waals surface area contributed by atoms with Crippen LogP contribution in [0.15, 0.2) is 24.3 Å². The maximum atomic E-state index is 12.9. The maximum Gasteiger partial charge on any atom is 0.304 e. The SMILES string of the molecule is CNC(=O)[C@H](Cc1ccc(OC)cc1)NC(=O)[C@H](CC(C)C)[C@@H](S)CC(=O)O. The highest BCUT2D eigenvalue weighted by molar-refractivity contribution is 7.81. The van der Waals surface area contributed by atoms with Gasteiger partial charge in [0.15, 0.2) is 0 Å². The first kappa shape index (κ1) is 23.8. The molecule has 28 heavy (non-hydrogen) atoms. The van der Waals surface area contributed by atoms with Crippen LogP contribution < -0.4 is 15.4 Å².